The van der Waals surface area contributed by atoms with Crippen molar-refractivity contribution in [2.24, 2.45) is 5.92 Å². The van der Waals surface area contributed by atoms with Crippen molar-refractivity contribution in [2.45, 2.75) is 57.0 Å². The highest BCUT2D eigenvalue weighted by atomic mass is 19.1. The summed E-state index contributed by atoms with van der Waals surface area (Å²) >= 11 is 0. The van der Waals surface area contributed by atoms with E-state index in [1.807, 2.05) is 37.7 Å². The number of hydrogen-bond donors (Lipinski definition) is 4. The molecule has 5 heterocycles. The van der Waals surface area contributed by atoms with Crippen LogP contribution in [-0.2, 0) is 12.8 Å². The van der Waals surface area contributed by atoms with Crippen LogP contribution in [0.25, 0.3) is 11.2 Å². The summed E-state index contributed by atoms with van der Waals surface area (Å²) in [6, 6.07) is 9.75. The van der Waals surface area contributed by atoms with Gasteiger partial charge in [-0.2, -0.15) is 0 Å². The van der Waals surface area contributed by atoms with Gasteiger partial charge in [0.1, 0.15) is 11.6 Å². The van der Waals surface area contributed by atoms with Gasteiger partial charge in [-0.15, -0.1) is 0 Å². The second-order valence-electron chi connectivity index (χ2n) is 11.4. The number of aryl methyl sites for hydroxylation is 1. The number of pyridine rings is 2. The molecule has 2 fully saturated rings. The second-order valence-corrected chi connectivity index (χ2v) is 11.4. The monoisotopic (exact) mass is 551 g/mol. The molecule has 9 heteroatoms. The van der Waals surface area contributed by atoms with Gasteiger partial charge in [-0.05, 0) is 90.1 Å². The number of H-pyrrole nitrogens is 1. The van der Waals surface area contributed by atoms with Crippen molar-refractivity contribution >= 4 is 17.0 Å². The van der Waals surface area contributed by atoms with Crippen LogP contribution in [-0.4, -0.2) is 37.6 Å². The van der Waals surface area contributed by atoms with E-state index < -0.39 is 5.82 Å². The molecule has 0 spiro atoms. The van der Waals surface area contributed by atoms with Gasteiger partial charge in [0.2, 0.25) is 0 Å². The van der Waals surface area contributed by atoms with Crippen molar-refractivity contribution < 1.29 is 9.50 Å². The van der Waals surface area contributed by atoms with Gasteiger partial charge in [-0.1, -0.05) is 25.1 Å². The minimum Gasteiger partial charge on any atom is -0.505 e. The van der Waals surface area contributed by atoms with Crippen LogP contribution in [0.3, 0.4) is 0 Å². The number of phenolic OH excluding ortho intramolecular Hbond substituents is 1. The summed E-state index contributed by atoms with van der Waals surface area (Å²) in [6.45, 7) is 2.88. The minimum absolute atomic E-state index is 0.0521. The van der Waals surface area contributed by atoms with E-state index in [0.717, 1.165) is 78.1 Å². The minimum atomic E-state index is -0.537. The first kappa shape index (κ1) is 25.9. The number of aromatic nitrogens is 4. The van der Waals surface area contributed by atoms with Crippen LogP contribution in [0.15, 0.2) is 67.2 Å². The van der Waals surface area contributed by atoms with Crippen LogP contribution in [0, 0.1) is 11.7 Å². The molecule has 1 aliphatic carbocycles. The van der Waals surface area contributed by atoms with E-state index in [1.54, 1.807) is 6.07 Å². The van der Waals surface area contributed by atoms with Crippen LogP contribution in [0.5, 0.6) is 5.75 Å². The lowest BCUT2D eigenvalue weighted by atomic mass is 9.73. The zero-order valence-electron chi connectivity index (χ0n) is 23.0. The molecule has 3 aromatic heterocycles. The third-order valence-corrected chi connectivity index (χ3v) is 8.82. The Bertz CT molecular complexity index is 1630. The number of imidazole rings is 1. The van der Waals surface area contributed by atoms with Gasteiger partial charge in [0.15, 0.2) is 17.2 Å². The number of aromatic amines is 1. The van der Waals surface area contributed by atoms with Gasteiger partial charge in [0, 0.05) is 37.6 Å². The molecule has 7 rings (SSSR count). The first-order chi connectivity index (χ1) is 20.1. The fraction of sp³-hybridized carbons (Fsp3) is 0.344. The van der Waals surface area contributed by atoms with E-state index in [-0.39, 0.29) is 23.8 Å². The normalized spacial score (nSPS) is 23.8. The lowest BCUT2D eigenvalue weighted by molar-refractivity contribution is 0.276. The number of benzene rings is 1. The summed E-state index contributed by atoms with van der Waals surface area (Å²) in [7, 11) is 0. The first-order valence-corrected chi connectivity index (χ1v) is 14.5. The summed E-state index contributed by atoms with van der Waals surface area (Å²) in [4.78, 5) is 19.8. The Hall–Kier alpha value is -4.08. The Morgan fingerprint density at radius 3 is 2.76 bits per heavy atom. The molecule has 2 aliphatic heterocycles. The van der Waals surface area contributed by atoms with Gasteiger partial charge in [0.25, 0.3) is 0 Å². The van der Waals surface area contributed by atoms with E-state index in [1.165, 1.54) is 6.07 Å². The lowest BCUT2D eigenvalue weighted by Crippen LogP contribution is -2.35. The van der Waals surface area contributed by atoms with E-state index in [0.29, 0.717) is 11.6 Å². The number of hydrazine groups is 1. The summed E-state index contributed by atoms with van der Waals surface area (Å²) < 4.78 is 14.2. The van der Waals surface area contributed by atoms with Crippen molar-refractivity contribution in [2.75, 3.05) is 11.4 Å². The van der Waals surface area contributed by atoms with Crippen molar-refractivity contribution in [3.05, 3.63) is 101 Å². The van der Waals surface area contributed by atoms with E-state index in [9.17, 15) is 9.50 Å². The standard InChI is InChI=1S/C32H34FN7O/c1-2-21-15-28(41)25(33)16-24(21)22-7-8-23-26(14-22)38-39-30(23)32-36-27-13-20(18-35-31(27)37-32)12-19-6-9-29(34-17-19)40-10-4-3-5-11-40/h3-6,9-10,13,15-18,22-23,26,30,38-39,41H,2,7-8,11-12,14H2,1H3,(H,35,36,37). The number of hydrogen-bond acceptors (Lipinski definition) is 7. The van der Waals surface area contributed by atoms with Gasteiger partial charge >= 0.3 is 0 Å². The SMILES string of the molecule is CCc1cc(O)c(F)cc1C1CCC2C(C1)NNC2c1nc2ncc(Cc3ccc(N4C=CC=CC4)nc3)cc2[nH]1. The van der Waals surface area contributed by atoms with Gasteiger partial charge in [-0.3, -0.25) is 5.43 Å². The average molecular weight is 552 g/mol. The zero-order chi connectivity index (χ0) is 27.9. The first-order valence-electron chi connectivity index (χ1n) is 14.5. The second kappa shape index (κ2) is 10.7. The number of aromatic hydroxyl groups is 1. The zero-order valence-corrected chi connectivity index (χ0v) is 23.0. The predicted octanol–water partition coefficient (Wildman–Crippen LogP) is 5.34. The molecule has 4 unspecified atom stereocenters. The van der Waals surface area contributed by atoms with Crippen LogP contribution >= 0.6 is 0 Å². The largest absolute Gasteiger partial charge is 0.505 e. The quantitative estimate of drug-likeness (QED) is 0.257. The van der Waals surface area contributed by atoms with E-state index in [2.05, 4.69) is 55.0 Å². The summed E-state index contributed by atoms with van der Waals surface area (Å²) in [5.41, 5.74) is 12.9. The fourth-order valence-corrected chi connectivity index (χ4v) is 6.69. The Labute approximate surface area is 238 Å². The van der Waals surface area contributed by atoms with Crippen LogP contribution in [0.2, 0.25) is 0 Å². The number of halogens is 1. The van der Waals surface area contributed by atoms with Crippen LogP contribution < -0.4 is 15.8 Å². The summed E-state index contributed by atoms with van der Waals surface area (Å²) in [6.07, 6.45) is 16.4. The lowest BCUT2D eigenvalue weighted by Gasteiger charge is -2.33. The smallest absolute Gasteiger partial charge is 0.177 e. The number of fused-ring (bicyclic) bond motifs is 2. The molecule has 0 amide bonds. The Morgan fingerprint density at radius 2 is 1.95 bits per heavy atom. The third-order valence-electron chi connectivity index (χ3n) is 8.82. The van der Waals surface area contributed by atoms with Crippen molar-refractivity contribution in [3.8, 4) is 5.75 Å². The molecule has 1 aromatic carbocycles. The molecule has 210 valence electrons. The molecule has 1 saturated heterocycles. The van der Waals surface area contributed by atoms with Crippen LogP contribution in [0.4, 0.5) is 10.2 Å². The molecule has 1 saturated carbocycles. The topological polar surface area (TPSA) is 102 Å². The maximum Gasteiger partial charge on any atom is 0.177 e. The number of phenols is 1. The van der Waals surface area contributed by atoms with Gasteiger partial charge in [0.05, 0.1) is 11.6 Å². The van der Waals surface area contributed by atoms with E-state index >= 15 is 0 Å². The number of nitrogens with one attached hydrogen (secondary N) is 3. The molecule has 0 bridgehead atoms. The highest BCUT2D eigenvalue weighted by Gasteiger charge is 2.42. The van der Waals surface area contributed by atoms with Crippen molar-refractivity contribution in [1.82, 2.24) is 30.8 Å². The van der Waals surface area contributed by atoms with Gasteiger partial charge < -0.3 is 15.0 Å². The highest BCUT2D eigenvalue weighted by molar-refractivity contribution is 5.71. The Kier molecular flexibility index (Phi) is 6.76. The molecule has 8 nitrogen and oxygen atoms in total. The number of anilines is 1. The highest BCUT2D eigenvalue weighted by Crippen LogP contribution is 2.44. The molecule has 41 heavy (non-hydrogen) atoms. The Balaban J connectivity index is 1.04. The van der Waals surface area contributed by atoms with Gasteiger partial charge in [-0.25, -0.2) is 24.8 Å². The molecule has 0 radical (unpaired) electrons. The fourth-order valence-electron chi connectivity index (χ4n) is 6.69. The maximum atomic E-state index is 14.2. The molecular formula is C32H34FN7O. The number of nitrogens with zero attached hydrogens (tertiary/aromatic N) is 4. The van der Waals surface area contributed by atoms with Crippen molar-refractivity contribution in [3.63, 3.8) is 0 Å². The number of rotatable bonds is 6. The van der Waals surface area contributed by atoms with Crippen molar-refractivity contribution in [1.29, 1.82) is 0 Å². The average Bonchev–Trinajstić information content (AvgIpc) is 3.62. The summed E-state index contributed by atoms with van der Waals surface area (Å²) in [5.74, 6) is 1.65. The third kappa shape index (κ3) is 5.00. The van der Waals surface area contributed by atoms with Crippen LogP contribution in [0.1, 0.15) is 66.2 Å². The molecule has 4 aromatic rings. The van der Waals surface area contributed by atoms with E-state index in [4.69, 9.17) is 4.98 Å². The molecular weight excluding hydrogens is 517 g/mol. The predicted molar refractivity (Wildman–Crippen MR) is 157 cm³/mol. The number of allylic oxidation sites excluding steroid dienone is 2. The summed E-state index contributed by atoms with van der Waals surface area (Å²) in [5, 5.41) is 9.85. The Morgan fingerprint density at radius 1 is 1.05 bits per heavy atom. The molecule has 4 atom stereocenters. The maximum absolute atomic E-state index is 14.2. The molecule has 4 N–H and O–H groups in total. The molecule has 3 aliphatic rings.